The molecule has 0 aliphatic heterocycles. The van der Waals surface area contributed by atoms with Crippen LogP contribution in [0.4, 0.5) is 0 Å². The molecule has 5 nitrogen and oxygen atoms in total. The van der Waals surface area contributed by atoms with E-state index in [1.54, 1.807) is 0 Å². The Morgan fingerprint density at radius 1 is 1.19 bits per heavy atom. The number of nitrogens with one attached hydrogen (secondary N) is 1. The van der Waals surface area contributed by atoms with Crippen molar-refractivity contribution >= 4 is 28.5 Å². The van der Waals surface area contributed by atoms with Gasteiger partial charge in [0.25, 0.3) is 0 Å². The molecule has 1 N–H and O–H groups in total. The molecule has 6 heteroatoms. The fraction of sp³-hybridized carbons (Fsp3) is 0.333. The van der Waals surface area contributed by atoms with Crippen molar-refractivity contribution < 1.29 is 9.53 Å². The van der Waals surface area contributed by atoms with Crippen LogP contribution in [0.15, 0.2) is 48.5 Å². The van der Waals surface area contributed by atoms with Crippen LogP contribution in [0.2, 0.25) is 5.02 Å². The maximum absolute atomic E-state index is 11.8. The minimum Gasteiger partial charge on any atom is -0.494 e. The molecule has 142 valence electrons. The number of aryl methyl sites for hydroxylation is 1. The van der Waals surface area contributed by atoms with Crippen molar-refractivity contribution in [1.29, 1.82) is 0 Å². The largest absolute Gasteiger partial charge is 0.494 e. The van der Waals surface area contributed by atoms with E-state index in [0.717, 1.165) is 42.0 Å². The number of hydrogen-bond donors (Lipinski definition) is 1. The van der Waals surface area contributed by atoms with Gasteiger partial charge in [0.05, 0.1) is 24.2 Å². The first-order chi connectivity index (χ1) is 13.2. The van der Waals surface area contributed by atoms with Gasteiger partial charge in [-0.15, -0.1) is 0 Å². The molecule has 0 saturated carbocycles. The summed E-state index contributed by atoms with van der Waals surface area (Å²) >= 11 is 5.89. The van der Waals surface area contributed by atoms with Gasteiger partial charge in [-0.1, -0.05) is 30.7 Å². The van der Waals surface area contributed by atoms with E-state index >= 15 is 0 Å². The lowest BCUT2D eigenvalue weighted by atomic mass is 10.3. The molecule has 1 amide bonds. The maximum atomic E-state index is 11.8. The smallest absolute Gasteiger partial charge is 0.220 e. The maximum Gasteiger partial charge on any atom is 0.220 e. The Morgan fingerprint density at radius 2 is 1.96 bits per heavy atom. The van der Waals surface area contributed by atoms with Crippen molar-refractivity contribution in [2.45, 2.75) is 39.3 Å². The lowest BCUT2D eigenvalue weighted by molar-refractivity contribution is -0.121. The molecule has 0 aliphatic rings. The van der Waals surface area contributed by atoms with Gasteiger partial charge in [0, 0.05) is 18.0 Å². The second kappa shape index (κ2) is 9.42. The molecule has 0 fully saturated rings. The van der Waals surface area contributed by atoms with Gasteiger partial charge in [-0.25, -0.2) is 4.98 Å². The van der Waals surface area contributed by atoms with E-state index in [9.17, 15) is 4.79 Å². The molecule has 0 aliphatic carbocycles. The minimum absolute atomic E-state index is 0.0576. The molecule has 1 heterocycles. The fourth-order valence-electron chi connectivity index (χ4n) is 2.95. The summed E-state index contributed by atoms with van der Waals surface area (Å²) < 4.78 is 7.94. The number of carbonyl (C=O) groups is 1. The molecule has 3 aromatic rings. The van der Waals surface area contributed by atoms with Gasteiger partial charge in [-0.2, -0.15) is 0 Å². The molecule has 0 spiro atoms. The summed E-state index contributed by atoms with van der Waals surface area (Å²) in [6, 6.07) is 15.4. The Bertz CT molecular complexity index is 890. The lowest BCUT2D eigenvalue weighted by Crippen LogP contribution is -2.24. The van der Waals surface area contributed by atoms with Crippen LogP contribution in [-0.2, 0) is 17.9 Å². The van der Waals surface area contributed by atoms with E-state index in [2.05, 4.69) is 20.9 Å². The number of rotatable bonds is 9. The number of halogens is 1. The predicted molar refractivity (Wildman–Crippen MR) is 108 cm³/mol. The van der Waals surface area contributed by atoms with Crippen LogP contribution in [0.1, 0.15) is 32.0 Å². The van der Waals surface area contributed by atoms with E-state index in [4.69, 9.17) is 16.3 Å². The number of para-hydroxylation sites is 2. The van der Waals surface area contributed by atoms with Gasteiger partial charge in [0.1, 0.15) is 11.6 Å². The SMILES string of the molecule is CCCC(=O)NCc1nc2ccccc2n1CCCOc1ccc(Cl)cc1. The Balaban J connectivity index is 1.63. The monoisotopic (exact) mass is 385 g/mol. The average molecular weight is 386 g/mol. The van der Waals surface area contributed by atoms with Crippen LogP contribution < -0.4 is 10.1 Å². The Hall–Kier alpha value is -2.53. The third-order valence-corrected chi connectivity index (χ3v) is 4.51. The molecule has 1 aromatic heterocycles. The molecule has 0 bridgehead atoms. The summed E-state index contributed by atoms with van der Waals surface area (Å²) in [6.07, 6.45) is 2.21. The average Bonchev–Trinajstić information content (AvgIpc) is 3.03. The summed E-state index contributed by atoms with van der Waals surface area (Å²) in [6.45, 7) is 3.80. The summed E-state index contributed by atoms with van der Waals surface area (Å²) in [4.78, 5) is 16.5. The highest BCUT2D eigenvalue weighted by Gasteiger charge is 2.11. The van der Waals surface area contributed by atoms with Crippen LogP contribution in [0.25, 0.3) is 11.0 Å². The van der Waals surface area contributed by atoms with Gasteiger partial charge < -0.3 is 14.6 Å². The number of ether oxygens (including phenoxy) is 1. The summed E-state index contributed by atoms with van der Waals surface area (Å²) in [5, 5.41) is 3.65. The van der Waals surface area contributed by atoms with Crippen molar-refractivity contribution in [2.75, 3.05) is 6.61 Å². The van der Waals surface area contributed by atoms with Crippen molar-refractivity contribution in [1.82, 2.24) is 14.9 Å². The highest BCUT2D eigenvalue weighted by molar-refractivity contribution is 6.30. The van der Waals surface area contributed by atoms with E-state index in [0.29, 0.717) is 24.6 Å². The normalized spacial score (nSPS) is 10.9. The fourth-order valence-corrected chi connectivity index (χ4v) is 3.07. The molecular weight excluding hydrogens is 362 g/mol. The highest BCUT2D eigenvalue weighted by Crippen LogP contribution is 2.18. The summed E-state index contributed by atoms with van der Waals surface area (Å²) in [5.41, 5.74) is 2.01. The van der Waals surface area contributed by atoms with Crippen LogP contribution in [0, 0.1) is 0 Å². The highest BCUT2D eigenvalue weighted by atomic mass is 35.5. The second-order valence-electron chi connectivity index (χ2n) is 6.35. The van der Waals surface area contributed by atoms with E-state index in [1.165, 1.54) is 0 Å². The third-order valence-electron chi connectivity index (χ3n) is 4.26. The van der Waals surface area contributed by atoms with Gasteiger partial charge in [-0.3, -0.25) is 4.79 Å². The molecule has 0 radical (unpaired) electrons. The van der Waals surface area contributed by atoms with Crippen LogP contribution in [0.3, 0.4) is 0 Å². The zero-order valence-electron chi connectivity index (χ0n) is 15.5. The van der Waals surface area contributed by atoms with Crippen LogP contribution in [0.5, 0.6) is 5.75 Å². The first-order valence-electron chi connectivity index (χ1n) is 9.26. The zero-order valence-corrected chi connectivity index (χ0v) is 16.2. The van der Waals surface area contributed by atoms with E-state index in [-0.39, 0.29) is 5.91 Å². The van der Waals surface area contributed by atoms with Gasteiger partial charge in [0.15, 0.2) is 0 Å². The number of benzene rings is 2. The summed E-state index contributed by atoms with van der Waals surface area (Å²) in [7, 11) is 0. The van der Waals surface area contributed by atoms with Crippen molar-refractivity contribution in [3.8, 4) is 5.75 Å². The molecule has 0 atom stereocenters. The number of carbonyl (C=O) groups excluding carboxylic acids is 1. The summed E-state index contributed by atoms with van der Waals surface area (Å²) in [5.74, 6) is 1.73. The van der Waals surface area contributed by atoms with E-state index < -0.39 is 0 Å². The Labute approximate surface area is 164 Å². The molecular formula is C21H24ClN3O2. The third kappa shape index (κ3) is 5.23. The van der Waals surface area contributed by atoms with Crippen molar-refractivity contribution in [3.05, 3.63) is 59.4 Å². The number of amides is 1. The lowest BCUT2D eigenvalue weighted by Gasteiger charge is -2.11. The zero-order chi connectivity index (χ0) is 19.1. The topological polar surface area (TPSA) is 56.2 Å². The van der Waals surface area contributed by atoms with Gasteiger partial charge in [0.2, 0.25) is 5.91 Å². The van der Waals surface area contributed by atoms with Crippen molar-refractivity contribution in [3.63, 3.8) is 0 Å². The van der Waals surface area contributed by atoms with Gasteiger partial charge >= 0.3 is 0 Å². The predicted octanol–water partition coefficient (Wildman–Crippen LogP) is 4.58. The molecule has 2 aromatic carbocycles. The minimum atomic E-state index is 0.0576. The standard InChI is InChI=1S/C21H24ClN3O2/c1-2-6-21(26)23-15-20-24-18-7-3-4-8-19(18)25(20)13-5-14-27-17-11-9-16(22)10-12-17/h3-4,7-12H,2,5-6,13-15H2,1H3,(H,23,26). The van der Waals surface area contributed by atoms with Gasteiger partial charge in [-0.05, 0) is 49.2 Å². The first-order valence-corrected chi connectivity index (χ1v) is 9.64. The number of nitrogens with zero attached hydrogens (tertiary/aromatic N) is 2. The Morgan fingerprint density at radius 3 is 2.74 bits per heavy atom. The number of aromatic nitrogens is 2. The van der Waals surface area contributed by atoms with E-state index in [1.807, 2.05) is 49.4 Å². The van der Waals surface area contributed by atoms with Crippen molar-refractivity contribution in [2.24, 2.45) is 0 Å². The van der Waals surface area contributed by atoms with Crippen LogP contribution >= 0.6 is 11.6 Å². The number of hydrogen-bond acceptors (Lipinski definition) is 3. The van der Waals surface area contributed by atoms with Crippen LogP contribution in [-0.4, -0.2) is 22.1 Å². The Kier molecular flexibility index (Phi) is 6.71. The number of fused-ring (bicyclic) bond motifs is 1. The number of imidazole rings is 1. The molecule has 0 unspecified atom stereocenters. The molecule has 27 heavy (non-hydrogen) atoms. The molecule has 0 saturated heterocycles. The first kappa shape index (κ1) is 19.2. The quantitative estimate of drug-likeness (QED) is 0.549. The second-order valence-corrected chi connectivity index (χ2v) is 6.79. The molecule has 3 rings (SSSR count).